The second-order valence-corrected chi connectivity index (χ2v) is 10.5. The molecule has 0 aromatic heterocycles. The standard InChI is InChI=1S/C21H17ClF3NO7S/c1-21(2)32-17-14(31-20(28)18(17)33-21)8-34(29,30)15-5-9(3-4-11(15)22)19(27)26-10-6-12(23)16(25)13(24)7-10/h3-7,14,17-18H,8H2,1-2H3,(H,26,27)/t14-,17-,18-/m1/s1. The molecule has 2 aromatic rings. The molecule has 2 aromatic carbocycles. The molecule has 182 valence electrons. The number of carbonyl (C=O) groups is 2. The smallest absolute Gasteiger partial charge is 0.338 e. The van der Waals surface area contributed by atoms with Gasteiger partial charge in [-0.2, -0.15) is 0 Å². The summed E-state index contributed by atoms with van der Waals surface area (Å²) in [5.41, 5.74) is -0.596. The Morgan fingerprint density at radius 1 is 1.12 bits per heavy atom. The average Bonchev–Trinajstić information content (AvgIpc) is 3.19. The third-order valence-electron chi connectivity index (χ3n) is 5.15. The highest BCUT2D eigenvalue weighted by molar-refractivity contribution is 7.91. The van der Waals surface area contributed by atoms with Crippen LogP contribution >= 0.6 is 11.6 Å². The van der Waals surface area contributed by atoms with Crippen LogP contribution in [0.15, 0.2) is 35.2 Å². The zero-order chi connectivity index (χ0) is 25.0. The van der Waals surface area contributed by atoms with Gasteiger partial charge in [-0.3, -0.25) is 4.79 Å². The zero-order valence-electron chi connectivity index (χ0n) is 17.6. The predicted molar refractivity (Wildman–Crippen MR) is 111 cm³/mol. The van der Waals surface area contributed by atoms with E-state index in [-0.39, 0.29) is 16.3 Å². The number of carbonyl (C=O) groups excluding carboxylic acids is 2. The number of halogens is 4. The second-order valence-electron chi connectivity index (χ2n) is 8.13. The Kier molecular flexibility index (Phi) is 6.13. The fourth-order valence-electron chi connectivity index (χ4n) is 3.68. The van der Waals surface area contributed by atoms with Crippen LogP contribution in [0.1, 0.15) is 24.2 Å². The maximum absolute atomic E-state index is 13.4. The lowest BCUT2D eigenvalue weighted by Gasteiger charge is -2.21. The summed E-state index contributed by atoms with van der Waals surface area (Å²) in [5, 5.41) is 1.95. The predicted octanol–water partition coefficient (Wildman–Crippen LogP) is 3.23. The first kappa shape index (κ1) is 24.5. The number of benzene rings is 2. The first-order valence-electron chi connectivity index (χ1n) is 9.82. The Hall–Kier alpha value is -2.67. The Morgan fingerprint density at radius 2 is 1.76 bits per heavy atom. The Morgan fingerprint density at radius 3 is 2.41 bits per heavy atom. The molecular weight excluding hydrogens is 503 g/mol. The zero-order valence-corrected chi connectivity index (χ0v) is 19.2. The van der Waals surface area contributed by atoms with Crippen molar-refractivity contribution >= 4 is 39.0 Å². The minimum absolute atomic E-state index is 0.208. The topological polar surface area (TPSA) is 108 Å². The van der Waals surface area contributed by atoms with Crippen LogP contribution in [0.4, 0.5) is 18.9 Å². The molecule has 3 atom stereocenters. The molecule has 34 heavy (non-hydrogen) atoms. The van der Waals surface area contributed by atoms with Crippen LogP contribution in [0.3, 0.4) is 0 Å². The van der Waals surface area contributed by atoms with Gasteiger partial charge in [-0.15, -0.1) is 0 Å². The van der Waals surface area contributed by atoms with Gasteiger partial charge in [0.1, 0.15) is 12.2 Å². The number of esters is 1. The van der Waals surface area contributed by atoms with E-state index in [1.54, 1.807) is 13.8 Å². The number of anilines is 1. The van der Waals surface area contributed by atoms with Crippen LogP contribution in [0, 0.1) is 17.5 Å². The van der Waals surface area contributed by atoms with Gasteiger partial charge < -0.3 is 19.5 Å². The monoisotopic (exact) mass is 519 g/mol. The van der Waals surface area contributed by atoms with Crippen molar-refractivity contribution < 1.29 is 45.4 Å². The average molecular weight is 520 g/mol. The van der Waals surface area contributed by atoms with Gasteiger partial charge in [0.15, 0.2) is 39.2 Å². The summed E-state index contributed by atoms with van der Waals surface area (Å²) in [6.45, 7) is 3.14. The second kappa shape index (κ2) is 8.52. The molecule has 0 unspecified atom stereocenters. The molecule has 1 amide bonds. The third-order valence-corrected chi connectivity index (χ3v) is 7.37. The molecule has 0 spiro atoms. The molecule has 2 fully saturated rings. The Labute approximate surface area is 196 Å². The van der Waals surface area contributed by atoms with Crippen molar-refractivity contribution in [3.63, 3.8) is 0 Å². The lowest BCUT2D eigenvalue weighted by atomic mass is 10.2. The van der Waals surface area contributed by atoms with Crippen molar-refractivity contribution in [1.29, 1.82) is 0 Å². The van der Waals surface area contributed by atoms with Crippen LogP contribution in [0.2, 0.25) is 5.02 Å². The summed E-state index contributed by atoms with van der Waals surface area (Å²) in [6.07, 6.45) is -3.20. The molecule has 0 saturated carbocycles. The van der Waals surface area contributed by atoms with Gasteiger partial charge in [0.2, 0.25) is 0 Å². The first-order valence-corrected chi connectivity index (χ1v) is 11.8. The number of hydrogen-bond acceptors (Lipinski definition) is 7. The summed E-state index contributed by atoms with van der Waals surface area (Å²) < 4.78 is 82.3. The number of amides is 1. The van der Waals surface area contributed by atoms with Crippen molar-refractivity contribution in [3.05, 3.63) is 58.4 Å². The highest BCUT2D eigenvalue weighted by atomic mass is 35.5. The van der Waals surface area contributed by atoms with E-state index in [1.165, 1.54) is 6.07 Å². The van der Waals surface area contributed by atoms with Crippen LogP contribution in [-0.4, -0.2) is 50.1 Å². The van der Waals surface area contributed by atoms with Crippen LogP contribution in [0.5, 0.6) is 0 Å². The van der Waals surface area contributed by atoms with Crippen molar-refractivity contribution in [1.82, 2.24) is 0 Å². The fourth-order valence-corrected chi connectivity index (χ4v) is 5.69. The molecule has 0 radical (unpaired) electrons. The molecule has 2 heterocycles. The molecule has 1 N–H and O–H groups in total. The summed E-state index contributed by atoms with van der Waals surface area (Å²) >= 11 is 6.06. The van der Waals surface area contributed by atoms with Crippen molar-refractivity contribution in [3.8, 4) is 0 Å². The largest absolute Gasteiger partial charge is 0.456 e. The molecule has 4 rings (SSSR count). The van der Waals surface area contributed by atoms with Gasteiger partial charge in [-0.05, 0) is 32.0 Å². The molecule has 13 heteroatoms. The first-order chi connectivity index (χ1) is 15.8. The number of sulfone groups is 1. The van der Waals surface area contributed by atoms with E-state index < -0.39 is 73.9 Å². The van der Waals surface area contributed by atoms with Crippen molar-refractivity contribution in [2.75, 3.05) is 11.1 Å². The number of hydrogen-bond donors (Lipinski definition) is 1. The van der Waals surface area contributed by atoms with E-state index in [9.17, 15) is 31.2 Å². The number of fused-ring (bicyclic) bond motifs is 1. The summed E-state index contributed by atoms with van der Waals surface area (Å²) in [6, 6.07) is 4.44. The van der Waals surface area contributed by atoms with Gasteiger partial charge in [0, 0.05) is 23.4 Å². The minimum atomic E-state index is -4.22. The third kappa shape index (κ3) is 4.63. The Bertz CT molecular complexity index is 1280. The van der Waals surface area contributed by atoms with E-state index in [1.807, 2.05) is 0 Å². The molecular formula is C21H17ClF3NO7S. The lowest BCUT2D eigenvalue weighted by Crippen LogP contribution is -2.35. The van der Waals surface area contributed by atoms with Gasteiger partial charge in [-0.1, -0.05) is 11.6 Å². The number of nitrogens with one attached hydrogen (secondary N) is 1. The van der Waals surface area contributed by atoms with Crippen molar-refractivity contribution in [2.24, 2.45) is 0 Å². The molecule has 2 saturated heterocycles. The van der Waals surface area contributed by atoms with E-state index >= 15 is 0 Å². The van der Waals surface area contributed by atoms with E-state index in [4.69, 9.17) is 25.8 Å². The minimum Gasteiger partial charge on any atom is -0.456 e. The van der Waals surface area contributed by atoms with Crippen LogP contribution in [0.25, 0.3) is 0 Å². The van der Waals surface area contributed by atoms with Gasteiger partial charge in [-0.25, -0.2) is 26.4 Å². The molecule has 8 nitrogen and oxygen atoms in total. The molecule has 2 aliphatic rings. The quantitative estimate of drug-likeness (QED) is 0.477. The Balaban J connectivity index is 1.57. The molecule has 0 aliphatic carbocycles. The highest BCUT2D eigenvalue weighted by Gasteiger charge is 2.56. The maximum Gasteiger partial charge on any atom is 0.338 e. The number of ether oxygens (including phenoxy) is 3. The van der Waals surface area contributed by atoms with Crippen molar-refractivity contribution in [2.45, 2.75) is 42.8 Å². The fraction of sp³-hybridized carbons (Fsp3) is 0.333. The van der Waals surface area contributed by atoms with Gasteiger partial charge in [0.05, 0.1) is 15.7 Å². The summed E-state index contributed by atoms with van der Waals surface area (Å²) in [4.78, 5) is 24.1. The van der Waals surface area contributed by atoms with Crippen LogP contribution in [-0.2, 0) is 28.8 Å². The highest BCUT2D eigenvalue weighted by Crippen LogP contribution is 2.37. The van der Waals surface area contributed by atoms with Gasteiger partial charge in [0.25, 0.3) is 5.91 Å². The number of rotatable bonds is 5. The molecule has 2 aliphatic heterocycles. The van der Waals surface area contributed by atoms with E-state index in [0.29, 0.717) is 12.1 Å². The van der Waals surface area contributed by atoms with E-state index in [2.05, 4.69) is 5.32 Å². The SMILES string of the molecule is CC1(C)O[C@@H]2[C@@H](CS(=O)(=O)c3cc(C(=O)Nc4cc(F)c(F)c(F)c4)ccc3Cl)OC(=O)[C@@H]2O1. The van der Waals surface area contributed by atoms with E-state index in [0.717, 1.165) is 12.1 Å². The number of cyclic esters (lactones) is 1. The summed E-state index contributed by atoms with van der Waals surface area (Å²) in [5.74, 6) is -8.22. The van der Waals surface area contributed by atoms with Gasteiger partial charge >= 0.3 is 5.97 Å². The normalized spacial score (nSPS) is 23.5. The summed E-state index contributed by atoms with van der Waals surface area (Å²) in [7, 11) is -4.22. The maximum atomic E-state index is 13.4. The molecule has 0 bridgehead atoms. The van der Waals surface area contributed by atoms with Crippen LogP contribution < -0.4 is 5.32 Å². The lowest BCUT2D eigenvalue weighted by molar-refractivity contribution is -0.185.